The molecule has 1 aromatic rings. The van der Waals surface area contributed by atoms with Gasteiger partial charge in [-0.05, 0) is 37.6 Å². The lowest BCUT2D eigenvalue weighted by Crippen LogP contribution is -2.37. The summed E-state index contributed by atoms with van der Waals surface area (Å²) in [5.74, 6) is 1.47. The van der Waals surface area contributed by atoms with E-state index in [1.807, 2.05) is 30.3 Å². The molecule has 0 amide bonds. The lowest BCUT2D eigenvalue weighted by molar-refractivity contribution is 0.252. The molecule has 15 heavy (non-hydrogen) atoms. The van der Waals surface area contributed by atoms with Crippen molar-refractivity contribution in [1.82, 2.24) is 5.32 Å². The third kappa shape index (κ3) is 2.94. The minimum atomic E-state index is 0.139. The predicted molar refractivity (Wildman–Crippen MR) is 60.9 cm³/mol. The SMILES string of the molecule is NC(COc1ccccc1)C1CCNC1. The van der Waals surface area contributed by atoms with Crippen molar-refractivity contribution in [2.45, 2.75) is 12.5 Å². The summed E-state index contributed by atoms with van der Waals surface area (Å²) in [7, 11) is 0. The smallest absolute Gasteiger partial charge is 0.119 e. The minimum Gasteiger partial charge on any atom is -0.492 e. The zero-order chi connectivity index (χ0) is 10.5. The molecule has 0 bridgehead atoms. The van der Waals surface area contributed by atoms with Crippen molar-refractivity contribution in [3.63, 3.8) is 0 Å². The Bertz CT molecular complexity index is 283. The van der Waals surface area contributed by atoms with Gasteiger partial charge in [0.25, 0.3) is 0 Å². The molecule has 2 rings (SSSR count). The first-order valence-electron chi connectivity index (χ1n) is 5.50. The van der Waals surface area contributed by atoms with E-state index in [1.54, 1.807) is 0 Å². The summed E-state index contributed by atoms with van der Waals surface area (Å²) in [4.78, 5) is 0. The van der Waals surface area contributed by atoms with Gasteiger partial charge in [0.05, 0.1) is 0 Å². The molecular weight excluding hydrogens is 188 g/mol. The second-order valence-corrected chi connectivity index (χ2v) is 4.04. The zero-order valence-corrected chi connectivity index (χ0v) is 8.86. The van der Waals surface area contributed by atoms with Gasteiger partial charge in [0.1, 0.15) is 12.4 Å². The van der Waals surface area contributed by atoms with Crippen LogP contribution in [0.1, 0.15) is 6.42 Å². The van der Waals surface area contributed by atoms with E-state index < -0.39 is 0 Å². The highest BCUT2D eigenvalue weighted by Gasteiger charge is 2.21. The fourth-order valence-electron chi connectivity index (χ4n) is 1.89. The van der Waals surface area contributed by atoms with Crippen LogP contribution in [0.2, 0.25) is 0 Å². The highest BCUT2D eigenvalue weighted by molar-refractivity contribution is 5.20. The van der Waals surface area contributed by atoms with Crippen LogP contribution in [0, 0.1) is 5.92 Å². The number of rotatable bonds is 4. The van der Waals surface area contributed by atoms with E-state index in [0.717, 1.165) is 18.8 Å². The molecule has 0 aliphatic carbocycles. The zero-order valence-electron chi connectivity index (χ0n) is 8.86. The summed E-state index contributed by atoms with van der Waals surface area (Å²) in [6.45, 7) is 2.72. The Balaban J connectivity index is 1.77. The topological polar surface area (TPSA) is 47.3 Å². The number of ether oxygens (including phenoxy) is 1. The van der Waals surface area contributed by atoms with E-state index in [1.165, 1.54) is 6.42 Å². The molecule has 2 unspecified atom stereocenters. The number of benzene rings is 1. The van der Waals surface area contributed by atoms with Crippen molar-refractivity contribution in [1.29, 1.82) is 0 Å². The van der Waals surface area contributed by atoms with Crippen molar-refractivity contribution in [3.8, 4) is 5.75 Å². The van der Waals surface area contributed by atoms with Crippen LogP contribution in [0.25, 0.3) is 0 Å². The fourth-order valence-corrected chi connectivity index (χ4v) is 1.89. The average molecular weight is 206 g/mol. The maximum Gasteiger partial charge on any atom is 0.119 e. The fraction of sp³-hybridized carbons (Fsp3) is 0.500. The molecule has 1 aliphatic heterocycles. The summed E-state index contributed by atoms with van der Waals surface area (Å²) in [5, 5.41) is 3.32. The summed E-state index contributed by atoms with van der Waals surface area (Å²) < 4.78 is 5.63. The van der Waals surface area contributed by atoms with Crippen LogP contribution in [-0.4, -0.2) is 25.7 Å². The van der Waals surface area contributed by atoms with Gasteiger partial charge < -0.3 is 15.8 Å². The highest BCUT2D eigenvalue weighted by Crippen LogP contribution is 2.13. The Morgan fingerprint density at radius 1 is 1.40 bits per heavy atom. The van der Waals surface area contributed by atoms with E-state index in [2.05, 4.69) is 5.32 Å². The molecule has 1 aromatic carbocycles. The Hall–Kier alpha value is -1.06. The van der Waals surface area contributed by atoms with Gasteiger partial charge in [-0.3, -0.25) is 0 Å². The van der Waals surface area contributed by atoms with Gasteiger partial charge in [0, 0.05) is 6.04 Å². The van der Waals surface area contributed by atoms with Crippen LogP contribution in [0.4, 0.5) is 0 Å². The highest BCUT2D eigenvalue weighted by atomic mass is 16.5. The summed E-state index contributed by atoms with van der Waals surface area (Å²) in [5.41, 5.74) is 6.06. The maximum atomic E-state index is 6.06. The number of nitrogens with one attached hydrogen (secondary N) is 1. The van der Waals surface area contributed by atoms with E-state index >= 15 is 0 Å². The molecule has 3 N–H and O–H groups in total. The first kappa shape index (κ1) is 10.5. The molecule has 1 fully saturated rings. The largest absolute Gasteiger partial charge is 0.492 e. The standard InChI is InChI=1S/C12H18N2O/c13-12(10-6-7-14-8-10)9-15-11-4-2-1-3-5-11/h1-5,10,12,14H,6-9,13H2. The van der Waals surface area contributed by atoms with Crippen molar-refractivity contribution in [2.24, 2.45) is 11.7 Å². The molecule has 1 saturated heterocycles. The first-order valence-corrected chi connectivity index (χ1v) is 5.50. The molecule has 0 aromatic heterocycles. The lowest BCUT2D eigenvalue weighted by atomic mass is 10.0. The first-order chi connectivity index (χ1) is 7.36. The summed E-state index contributed by atoms with van der Waals surface area (Å²) in [6.07, 6.45) is 1.17. The normalized spacial score (nSPS) is 22.6. The van der Waals surface area contributed by atoms with Gasteiger partial charge in [-0.2, -0.15) is 0 Å². The Labute approximate surface area is 90.6 Å². The summed E-state index contributed by atoms with van der Waals surface area (Å²) in [6, 6.07) is 9.98. The van der Waals surface area contributed by atoms with Gasteiger partial charge in [-0.15, -0.1) is 0 Å². The van der Waals surface area contributed by atoms with E-state index in [4.69, 9.17) is 10.5 Å². The second-order valence-electron chi connectivity index (χ2n) is 4.04. The third-order valence-corrected chi connectivity index (χ3v) is 2.89. The van der Waals surface area contributed by atoms with Gasteiger partial charge in [-0.1, -0.05) is 18.2 Å². The van der Waals surface area contributed by atoms with Gasteiger partial charge in [0.2, 0.25) is 0 Å². The molecule has 3 heteroatoms. The monoisotopic (exact) mass is 206 g/mol. The van der Waals surface area contributed by atoms with Crippen LogP contribution in [0.5, 0.6) is 5.75 Å². The third-order valence-electron chi connectivity index (χ3n) is 2.89. The number of para-hydroxylation sites is 1. The Morgan fingerprint density at radius 2 is 2.20 bits per heavy atom. The van der Waals surface area contributed by atoms with Gasteiger partial charge in [-0.25, -0.2) is 0 Å². The van der Waals surface area contributed by atoms with Crippen LogP contribution in [0.15, 0.2) is 30.3 Å². The van der Waals surface area contributed by atoms with Gasteiger partial charge >= 0.3 is 0 Å². The molecule has 1 heterocycles. The summed E-state index contributed by atoms with van der Waals surface area (Å²) >= 11 is 0. The van der Waals surface area contributed by atoms with Crippen LogP contribution in [-0.2, 0) is 0 Å². The minimum absolute atomic E-state index is 0.139. The molecule has 0 saturated carbocycles. The lowest BCUT2D eigenvalue weighted by Gasteiger charge is -2.18. The number of nitrogens with two attached hydrogens (primary N) is 1. The van der Waals surface area contributed by atoms with Crippen LogP contribution in [0.3, 0.4) is 0 Å². The van der Waals surface area contributed by atoms with Gasteiger partial charge in [0.15, 0.2) is 0 Å². The van der Waals surface area contributed by atoms with Crippen molar-refractivity contribution < 1.29 is 4.74 Å². The van der Waals surface area contributed by atoms with Crippen LogP contribution < -0.4 is 15.8 Å². The Morgan fingerprint density at radius 3 is 2.87 bits per heavy atom. The van der Waals surface area contributed by atoms with Crippen LogP contribution >= 0.6 is 0 Å². The van der Waals surface area contributed by atoms with Crippen molar-refractivity contribution >= 4 is 0 Å². The van der Waals surface area contributed by atoms with E-state index in [-0.39, 0.29) is 6.04 Å². The maximum absolute atomic E-state index is 6.06. The molecule has 0 radical (unpaired) electrons. The van der Waals surface area contributed by atoms with Crippen molar-refractivity contribution in [2.75, 3.05) is 19.7 Å². The molecule has 82 valence electrons. The quantitative estimate of drug-likeness (QED) is 0.772. The van der Waals surface area contributed by atoms with Crippen molar-refractivity contribution in [3.05, 3.63) is 30.3 Å². The van der Waals surface area contributed by atoms with E-state index in [9.17, 15) is 0 Å². The Kier molecular flexibility index (Phi) is 3.59. The molecule has 2 atom stereocenters. The molecule has 1 aliphatic rings. The number of hydrogen-bond acceptors (Lipinski definition) is 3. The molecular formula is C12H18N2O. The number of hydrogen-bond donors (Lipinski definition) is 2. The molecule has 3 nitrogen and oxygen atoms in total. The second kappa shape index (κ2) is 5.14. The predicted octanol–water partition coefficient (Wildman–Crippen LogP) is 1.00. The molecule has 0 spiro atoms. The average Bonchev–Trinajstić information content (AvgIpc) is 2.81. The van der Waals surface area contributed by atoms with E-state index in [0.29, 0.717) is 12.5 Å².